The van der Waals surface area contributed by atoms with Crippen LogP contribution in [-0.4, -0.2) is 60.4 Å². The summed E-state index contributed by atoms with van der Waals surface area (Å²) in [7, 11) is 0. The number of halogens is 5. The molecule has 1 aromatic rings. The van der Waals surface area contributed by atoms with Crippen molar-refractivity contribution in [2.75, 3.05) is 32.8 Å². The smallest absolute Gasteiger partial charge is 0.309 e. The predicted octanol–water partition coefficient (Wildman–Crippen LogP) is 3.43. The Balaban J connectivity index is 1.56. The molecule has 0 bridgehead atoms. The highest BCUT2D eigenvalue weighted by atomic mass is 19.2. The molecule has 6 nitrogen and oxygen atoms in total. The van der Waals surface area contributed by atoms with E-state index in [1.165, 1.54) is 0 Å². The van der Waals surface area contributed by atoms with E-state index in [0.717, 1.165) is 11.3 Å². The first kappa shape index (κ1) is 24.9. The van der Waals surface area contributed by atoms with E-state index in [2.05, 4.69) is 0 Å². The Kier molecular flexibility index (Phi) is 7.91. The fourth-order valence-corrected chi connectivity index (χ4v) is 4.19. The van der Waals surface area contributed by atoms with Gasteiger partial charge < -0.3 is 14.5 Å². The van der Waals surface area contributed by atoms with Crippen molar-refractivity contribution >= 4 is 17.8 Å². The molecule has 2 fully saturated rings. The van der Waals surface area contributed by atoms with E-state index in [1.54, 1.807) is 4.90 Å². The first-order valence-corrected chi connectivity index (χ1v) is 10.9. The van der Waals surface area contributed by atoms with E-state index >= 15 is 0 Å². The molecule has 2 aliphatic rings. The maximum absolute atomic E-state index is 14.0. The number of piperidine rings is 2. The van der Waals surface area contributed by atoms with Gasteiger partial charge in [-0.3, -0.25) is 14.4 Å². The maximum Gasteiger partial charge on any atom is 0.309 e. The molecule has 0 N–H and O–H groups in total. The highest BCUT2D eigenvalue weighted by molar-refractivity contribution is 5.95. The first-order valence-electron chi connectivity index (χ1n) is 10.9. The molecule has 2 heterocycles. The fourth-order valence-electron chi connectivity index (χ4n) is 4.19. The van der Waals surface area contributed by atoms with Crippen LogP contribution in [0.5, 0.6) is 0 Å². The van der Waals surface area contributed by atoms with Crippen molar-refractivity contribution in [3.05, 3.63) is 34.6 Å². The number of benzene rings is 1. The number of rotatable bonds is 5. The van der Waals surface area contributed by atoms with Crippen molar-refractivity contribution in [1.82, 2.24) is 9.80 Å². The Labute approximate surface area is 187 Å². The summed E-state index contributed by atoms with van der Waals surface area (Å²) in [6, 6.07) is 0. The molecule has 2 amide bonds. The number of ether oxygens (including phenoxy) is 1. The second-order valence-electron chi connectivity index (χ2n) is 8.28. The van der Waals surface area contributed by atoms with E-state index in [0.29, 0.717) is 32.5 Å². The van der Waals surface area contributed by atoms with Crippen LogP contribution in [0.3, 0.4) is 0 Å². The SMILES string of the molecule is CCCOC(=O)C1CCN(C(=O)C2CCN(C(=O)c3c(F)c(F)c(F)c(F)c3F)CC2)CC1. The quantitative estimate of drug-likeness (QED) is 0.283. The van der Waals surface area contributed by atoms with Crippen LogP contribution in [0.25, 0.3) is 0 Å². The first-order chi connectivity index (χ1) is 15.7. The van der Waals surface area contributed by atoms with Crippen LogP contribution in [0.4, 0.5) is 22.0 Å². The predicted molar refractivity (Wildman–Crippen MR) is 105 cm³/mol. The minimum absolute atomic E-state index is 0.0610. The molecule has 0 aliphatic carbocycles. The molecule has 2 saturated heterocycles. The lowest BCUT2D eigenvalue weighted by atomic mass is 9.92. The summed E-state index contributed by atoms with van der Waals surface area (Å²) in [5, 5.41) is 0. The molecular weight excluding hydrogens is 451 g/mol. The van der Waals surface area contributed by atoms with Crippen molar-refractivity contribution in [3.8, 4) is 0 Å². The van der Waals surface area contributed by atoms with Crippen LogP contribution in [-0.2, 0) is 14.3 Å². The van der Waals surface area contributed by atoms with Crippen molar-refractivity contribution < 1.29 is 41.1 Å². The standard InChI is InChI=1S/C22H25F5N2O4/c1-2-11-33-22(32)13-5-9-28(10-6-13)20(30)12-3-7-29(8-4-12)21(31)14-15(23)17(25)19(27)18(26)16(14)24/h12-13H,2-11H2,1H3. The van der Waals surface area contributed by atoms with Gasteiger partial charge in [-0.25, -0.2) is 22.0 Å². The summed E-state index contributed by atoms with van der Waals surface area (Å²) in [4.78, 5) is 39.9. The van der Waals surface area contributed by atoms with E-state index in [4.69, 9.17) is 4.74 Å². The van der Waals surface area contributed by atoms with Gasteiger partial charge in [0.15, 0.2) is 23.3 Å². The summed E-state index contributed by atoms with van der Waals surface area (Å²) in [6.45, 7) is 2.93. The highest BCUT2D eigenvalue weighted by Crippen LogP contribution is 2.28. The van der Waals surface area contributed by atoms with E-state index in [1.807, 2.05) is 6.92 Å². The molecule has 0 unspecified atom stereocenters. The summed E-state index contributed by atoms with van der Waals surface area (Å²) < 4.78 is 73.1. The van der Waals surface area contributed by atoms with Crippen molar-refractivity contribution in [2.24, 2.45) is 11.8 Å². The Bertz CT molecular complexity index is 897. The average molecular weight is 476 g/mol. The number of nitrogens with zero attached hydrogens (tertiary/aromatic N) is 2. The molecular formula is C22H25F5N2O4. The Morgan fingerprint density at radius 3 is 1.73 bits per heavy atom. The fraction of sp³-hybridized carbons (Fsp3) is 0.591. The van der Waals surface area contributed by atoms with Crippen LogP contribution in [0.1, 0.15) is 49.4 Å². The van der Waals surface area contributed by atoms with Crippen LogP contribution in [0, 0.1) is 40.9 Å². The van der Waals surface area contributed by atoms with Crippen LogP contribution in [0.2, 0.25) is 0 Å². The van der Waals surface area contributed by atoms with Crippen LogP contribution in [0.15, 0.2) is 0 Å². The Morgan fingerprint density at radius 1 is 0.758 bits per heavy atom. The lowest BCUT2D eigenvalue weighted by molar-refractivity contribution is -0.152. The minimum Gasteiger partial charge on any atom is -0.465 e. The largest absolute Gasteiger partial charge is 0.465 e. The van der Waals surface area contributed by atoms with Crippen LogP contribution >= 0.6 is 0 Å². The van der Waals surface area contributed by atoms with Gasteiger partial charge in [0.2, 0.25) is 11.7 Å². The third-order valence-corrected chi connectivity index (χ3v) is 6.14. The number of amides is 2. The molecule has 0 saturated carbocycles. The van der Waals surface area contributed by atoms with Gasteiger partial charge in [0, 0.05) is 32.1 Å². The lowest BCUT2D eigenvalue weighted by Crippen LogP contribution is -2.47. The van der Waals surface area contributed by atoms with Gasteiger partial charge in [-0.1, -0.05) is 6.92 Å². The van der Waals surface area contributed by atoms with E-state index in [9.17, 15) is 36.3 Å². The van der Waals surface area contributed by atoms with Crippen molar-refractivity contribution in [1.29, 1.82) is 0 Å². The van der Waals surface area contributed by atoms with Crippen molar-refractivity contribution in [3.63, 3.8) is 0 Å². The maximum atomic E-state index is 14.0. The topological polar surface area (TPSA) is 66.9 Å². The number of hydrogen-bond acceptors (Lipinski definition) is 4. The zero-order valence-electron chi connectivity index (χ0n) is 18.1. The Morgan fingerprint density at radius 2 is 1.21 bits per heavy atom. The van der Waals surface area contributed by atoms with Gasteiger partial charge in [-0.2, -0.15) is 0 Å². The summed E-state index contributed by atoms with van der Waals surface area (Å²) >= 11 is 0. The number of carbonyl (C=O) groups is 3. The number of carbonyl (C=O) groups excluding carboxylic acids is 3. The molecule has 3 rings (SSSR count). The van der Waals surface area contributed by atoms with Crippen molar-refractivity contribution in [2.45, 2.75) is 39.0 Å². The van der Waals surface area contributed by atoms with Gasteiger partial charge in [0.05, 0.1) is 12.5 Å². The molecule has 33 heavy (non-hydrogen) atoms. The molecule has 0 spiro atoms. The van der Waals surface area contributed by atoms with Gasteiger partial charge in [0.25, 0.3) is 5.91 Å². The molecule has 1 aromatic carbocycles. The van der Waals surface area contributed by atoms with Gasteiger partial charge in [0.1, 0.15) is 5.56 Å². The normalized spacial score (nSPS) is 17.9. The minimum atomic E-state index is -2.33. The van der Waals surface area contributed by atoms with E-state index < -0.39 is 46.5 Å². The molecule has 0 radical (unpaired) electrons. The summed E-state index contributed by atoms with van der Waals surface area (Å²) in [5.74, 6) is -13.4. The van der Waals surface area contributed by atoms with Gasteiger partial charge in [-0.05, 0) is 32.1 Å². The Hall–Kier alpha value is -2.72. The lowest BCUT2D eigenvalue weighted by Gasteiger charge is -2.37. The molecule has 11 heteroatoms. The highest BCUT2D eigenvalue weighted by Gasteiger charge is 2.36. The number of esters is 1. The molecule has 0 atom stereocenters. The van der Waals surface area contributed by atoms with E-state index in [-0.39, 0.29) is 43.7 Å². The van der Waals surface area contributed by atoms with Crippen LogP contribution < -0.4 is 0 Å². The van der Waals surface area contributed by atoms with Gasteiger partial charge in [-0.15, -0.1) is 0 Å². The van der Waals surface area contributed by atoms with Gasteiger partial charge >= 0.3 is 5.97 Å². The third kappa shape index (κ3) is 5.11. The number of likely N-dealkylation sites (tertiary alicyclic amines) is 2. The molecule has 182 valence electrons. The third-order valence-electron chi connectivity index (χ3n) is 6.14. The molecule has 0 aromatic heterocycles. The second-order valence-corrected chi connectivity index (χ2v) is 8.28. The number of hydrogen-bond donors (Lipinski definition) is 0. The zero-order chi connectivity index (χ0) is 24.3. The monoisotopic (exact) mass is 476 g/mol. The zero-order valence-corrected chi connectivity index (χ0v) is 18.1. The second kappa shape index (κ2) is 10.5. The summed E-state index contributed by atoms with van der Waals surface area (Å²) in [5.41, 5.74) is -1.49. The average Bonchev–Trinajstić information content (AvgIpc) is 2.84. The molecule has 2 aliphatic heterocycles. The summed E-state index contributed by atoms with van der Waals surface area (Å²) in [6.07, 6.45) is 2.10.